The van der Waals surface area contributed by atoms with Crippen molar-refractivity contribution in [1.29, 1.82) is 0 Å². The first-order valence-electron chi connectivity index (χ1n) is 40.1. The predicted molar refractivity (Wildman–Crippen MR) is 485 cm³/mol. The summed E-state index contributed by atoms with van der Waals surface area (Å²) in [6, 6.07) is 94.4. The smallest absolute Gasteiger partial charge is 0.128 e. The van der Waals surface area contributed by atoms with Crippen LogP contribution in [-0.4, -0.2) is 30.1 Å². The van der Waals surface area contributed by atoms with E-state index >= 15 is 0 Å². The van der Waals surface area contributed by atoms with Crippen LogP contribution in [0.15, 0.2) is 255 Å². The Bertz CT molecular complexity index is 5490. The zero-order chi connectivity index (χ0) is 81.3. The fourth-order valence-electron chi connectivity index (χ4n) is 14.6. The van der Waals surface area contributed by atoms with Gasteiger partial charge in [-0.15, -0.1) is 59.7 Å². The van der Waals surface area contributed by atoms with Crippen LogP contribution in [0.1, 0.15) is 203 Å². The molecule has 598 valence electrons. The summed E-state index contributed by atoms with van der Waals surface area (Å²) in [7, 11) is -2.21. The molecule has 0 aliphatic heterocycles. The van der Waals surface area contributed by atoms with Gasteiger partial charge in [0.25, 0.3) is 0 Å². The number of hydrogen-bond acceptors (Lipinski definition) is 6. The third-order valence-electron chi connectivity index (χ3n) is 21.0. The number of aromatic nitrogens is 4. The molecular weight excluding hydrogens is 1800 g/mol. The van der Waals surface area contributed by atoms with E-state index in [9.17, 15) is 10.2 Å². The summed E-state index contributed by atoms with van der Waals surface area (Å²) in [5.74, 6) is 1.33. The van der Waals surface area contributed by atoms with E-state index in [0.29, 0.717) is 11.7 Å². The summed E-state index contributed by atoms with van der Waals surface area (Å²) >= 11 is 0. The SMILES string of the molecule is CC(C)Cc1cc(-c2[c-]c(P(c3ccccn3)c3ccccc3-c3ccccc3)ccc2)nc(-c2cc(C(C)(C)C)cc(C(C)(C)C)c2O)c1.CC(C)c1cccc(-c2ccccc2)c1P(c1[c-]c(-c2cc(-c3cc(C(C)(C)C)cc(C(C)(C)C)c3)cc(-c3cc(C(C)(C)C)cc(C(C)(C)C)c3O)n2)ccc1)c1ccccn1.[Pt].[Pt]. The van der Waals surface area contributed by atoms with Gasteiger partial charge in [0.15, 0.2) is 0 Å². The standard InChI is InChI=1S/C59H66N2OP.C46H48N2OP.2Pt/c1-38(2)47-26-21-27-48(39-22-16-15-17-23-39)55(47)63(53-28-18-19-29-60-53)46-25-20-24-40(32-46)51-33-42(41-30-43(56(3,4)5)35-44(31-41)57(6,7)8)34-52(61-51)49-36-45(58(9,10)11)37-50(54(49)62)59(12,13)14;1-31(2)25-32-26-40(48-41(27-32)38-29-35(45(3,4)5)30-39(44(38)49)46(6,7)8)34-19-16-20-36(28-34)50(43-23-14-15-24-47-43)42-22-13-12-21-37(42)33-17-10-9-11-18-33;;/h15-31,33-38,62H,1-14H3;9-24,26-27,29-31,49H,25H2,1-8H3;;/q2*-1;;. The maximum atomic E-state index is 12.3. The number of pyridine rings is 4. The molecule has 4 heterocycles. The Morgan fingerprint density at radius 2 is 0.730 bits per heavy atom. The van der Waals surface area contributed by atoms with Gasteiger partial charge in [-0.25, -0.2) is 0 Å². The molecule has 13 rings (SSSR count). The molecule has 0 bridgehead atoms. The minimum Gasteiger partial charge on any atom is -0.507 e. The summed E-state index contributed by atoms with van der Waals surface area (Å²) < 4.78 is 0. The summed E-state index contributed by atoms with van der Waals surface area (Å²) in [5, 5.41) is 28.8. The van der Waals surface area contributed by atoms with Gasteiger partial charge in [0.1, 0.15) is 11.5 Å². The van der Waals surface area contributed by atoms with Gasteiger partial charge in [-0.05, 0) is 198 Å². The van der Waals surface area contributed by atoms with Crippen LogP contribution in [0.25, 0.3) is 78.4 Å². The van der Waals surface area contributed by atoms with E-state index in [0.717, 1.165) is 101 Å². The number of phenols is 2. The third-order valence-corrected chi connectivity index (χ3v) is 25.8. The molecule has 0 amide bonds. The maximum absolute atomic E-state index is 12.3. The molecule has 2 unspecified atom stereocenters. The van der Waals surface area contributed by atoms with Gasteiger partial charge in [0, 0.05) is 76.8 Å². The number of nitrogens with zero attached hydrogens (tertiary/aromatic N) is 4. The maximum Gasteiger partial charge on any atom is 0.128 e. The van der Waals surface area contributed by atoms with Crippen LogP contribution >= 0.6 is 15.8 Å². The van der Waals surface area contributed by atoms with Crippen LogP contribution in [-0.2, 0) is 81.0 Å². The zero-order valence-electron chi connectivity index (χ0n) is 71.3. The molecule has 115 heavy (non-hydrogen) atoms. The molecule has 0 radical (unpaired) electrons. The molecule has 2 N–H and O–H groups in total. The first-order chi connectivity index (χ1) is 53.3. The molecule has 0 aliphatic carbocycles. The Balaban J connectivity index is 0.000000245. The molecule has 0 saturated heterocycles. The quantitative estimate of drug-likeness (QED) is 0.0740. The molecule has 2 atom stereocenters. The number of rotatable bonds is 16. The average Bonchev–Trinajstić information content (AvgIpc) is 0.768. The second-order valence-electron chi connectivity index (χ2n) is 37.2. The fraction of sp³-hybridized carbons (Fsp3) is 0.295. The van der Waals surface area contributed by atoms with Crippen molar-refractivity contribution < 1.29 is 52.3 Å². The monoisotopic (exact) mass is 1910 g/mol. The molecule has 0 aliphatic rings. The largest absolute Gasteiger partial charge is 0.507 e. The molecule has 0 spiro atoms. The molecule has 4 aromatic heterocycles. The molecular formula is C105H114N4O2P2Pt2-2. The predicted octanol–water partition coefficient (Wildman–Crippen LogP) is 25.3. The van der Waals surface area contributed by atoms with Gasteiger partial charge in [-0.2, -0.15) is 0 Å². The molecule has 9 aromatic carbocycles. The van der Waals surface area contributed by atoms with Crippen LogP contribution in [0, 0.1) is 18.1 Å². The van der Waals surface area contributed by atoms with Gasteiger partial charge in [0.05, 0.1) is 22.3 Å². The van der Waals surface area contributed by atoms with Crippen molar-refractivity contribution >= 4 is 47.9 Å². The van der Waals surface area contributed by atoms with E-state index in [1.54, 1.807) is 0 Å². The van der Waals surface area contributed by atoms with E-state index in [1.807, 2.05) is 24.5 Å². The van der Waals surface area contributed by atoms with Crippen molar-refractivity contribution in [3.05, 3.63) is 312 Å². The topological polar surface area (TPSA) is 92.0 Å². The molecule has 0 saturated carbocycles. The Morgan fingerprint density at radius 1 is 0.339 bits per heavy atom. The molecule has 0 fully saturated rings. The van der Waals surface area contributed by atoms with Gasteiger partial charge in [0.2, 0.25) is 0 Å². The van der Waals surface area contributed by atoms with Crippen LogP contribution < -0.4 is 32.1 Å². The van der Waals surface area contributed by atoms with Crippen molar-refractivity contribution in [2.24, 2.45) is 5.92 Å². The van der Waals surface area contributed by atoms with E-state index in [2.05, 4.69) is 395 Å². The van der Waals surface area contributed by atoms with Gasteiger partial charge in [-0.3, -0.25) is 19.9 Å². The first-order valence-corrected chi connectivity index (χ1v) is 42.7. The van der Waals surface area contributed by atoms with Gasteiger partial charge < -0.3 is 10.2 Å². The second-order valence-corrected chi connectivity index (χ2v) is 41.4. The van der Waals surface area contributed by atoms with Crippen molar-refractivity contribution in [3.8, 4) is 89.9 Å². The fourth-order valence-corrected chi connectivity index (χ4v) is 19.5. The molecule has 13 aromatic rings. The number of aromatic hydroxyl groups is 2. The number of benzene rings is 9. The average molecular weight is 1920 g/mol. The Labute approximate surface area is 719 Å². The molecule has 6 nitrogen and oxygen atoms in total. The van der Waals surface area contributed by atoms with E-state index in [1.165, 1.54) is 60.7 Å². The van der Waals surface area contributed by atoms with Crippen LogP contribution in [0.4, 0.5) is 0 Å². The van der Waals surface area contributed by atoms with E-state index in [4.69, 9.17) is 19.9 Å². The van der Waals surface area contributed by atoms with Crippen molar-refractivity contribution in [3.63, 3.8) is 0 Å². The Kier molecular flexibility index (Phi) is 27.9. The minimum absolute atomic E-state index is 0. The Hall–Kier alpha value is -8.58. The Morgan fingerprint density at radius 3 is 1.19 bits per heavy atom. The van der Waals surface area contributed by atoms with Gasteiger partial charge >= 0.3 is 0 Å². The van der Waals surface area contributed by atoms with Crippen LogP contribution in [0.2, 0.25) is 0 Å². The van der Waals surface area contributed by atoms with Crippen LogP contribution in [0.3, 0.4) is 0 Å². The third kappa shape index (κ3) is 20.9. The summed E-state index contributed by atoms with van der Waals surface area (Å²) in [4.78, 5) is 20.8. The molecule has 10 heteroatoms. The van der Waals surface area contributed by atoms with Crippen molar-refractivity contribution in [1.82, 2.24) is 19.9 Å². The van der Waals surface area contributed by atoms with Crippen LogP contribution in [0.5, 0.6) is 11.5 Å². The van der Waals surface area contributed by atoms with Gasteiger partial charge in [-0.1, -0.05) is 326 Å². The minimum atomic E-state index is -1.16. The summed E-state index contributed by atoms with van der Waals surface area (Å²) in [6.07, 6.45) is 4.69. The van der Waals surface area contributed by atoms with Crippen molar-refractivity contribution in [2.75, 3.05) is 0 Å². The normalized spacial score (nSPS) is 12.7. The number of phenolic OH excluding ortho intramolecular Hbond substituents is 2. The number of hydrogen-bond donors (Lipinski definition) is 2. The first kappa shape index (κ1) is 88.8. The zero-order valence-corrected chi connectivity index (χ0v) is 77.7. The second kappa shape index (κ2) is 36.1. The summed E-state index contributed by atoms with van der Waals surface area (Å²) in [5.41, 5.74) is 23.9. The van der Waals surface area contributed by atoms with E-state index in [-0.39, 0.29) is 86.3 Å². The van der Waals surface area contributed by atoms with E-state index < -0.39 is 15.8 Å². The van der Waals surface area contributed by atoms with Crippen molar-refractivity contribution in [2.45, 2.75) is 197 Å². The summed E-state index contributed by atoms with van der Waals surface area (Å²) in [6.45, 7) is 49.1.